The normalized spacial score (nSPS) is 9.62. The van der Waals surface area contributed by atoms with Gasteiger partial charge in [0, 0.05) is 14.2 Å². The Morgan fingerprint density at radius 2 is 0.328 bits per heavy atom. The zero-order chi connectivity index (χ0) is 41.6. The van der Waals surface area contributed by atoms with Crippen molar-refractivity contribution < 1.29 is 10.2 Å². The number of nitrogens with zero attached hydrogens (tertiary/aromatic N) is 6. The van der Waals surface area contributed by atoms with Crippen LogP contribution in [-0.2, 0) is 0 Å². The summed E-state index contributed by atoms with van der Waals surface area (Å²) in [7, 11) is 2.00. The Labute approximate surface area is 337 Å². The molecule has 7 rings (SSSR count). The van der Waals surface area contributed by atoms with Gasteiger partial charge < -0.3 is 10.2 Å². The van der Waals surface area contributed by atoms with E-state index < -0.39 is 0 Å². The Morgan fingerprint density at radius 1 is 0.224 bits per heavy atom. The van der Waals surface area contributed by atoms with Crippen LogP contribution in [0.3, 0.4) is 0 Å². The molecule has 0 aliphatic rings. The first-order valence-electron chi connectivity index (χ1n) is 17.7. The van der Waals surface area contributed by atoms with E-state index in [-0.39, 0.29) is 0 Å². The number of hydrogen-bond donors (Lipinski definition) is 2. The van der Waals surface area contributed by atoms with Gasteiger partial charge in [-0.2, -0.15) is 31.6 Å². The van der Waals surface area contributed by atoms with Crippen molar-refractivity contribution in [1.29, 1.82) is 31.6 Å². The van der Waals surface area contributed by atoms with Crippen molar-refractivity contribution in [2.75, 3.05) is 14.2 Å². The number of rotatable bonds is 6. The lowest BCUT2D eigenvalue weighted by atomic mass is 9.74. The molecule has 0 aromatic heterocycles. The third-order valence-electron chi connectivity index (χ3n) is 9.32. The molecule has 0 saturated heterocycles. The maximum Gasteiger partial charge on any atom is 0.0991 e. The third-order valence-corrected chi connectivity index (χ3v) is 9.32. The highest BCUT2D eigenvalue weighted by molar-refractivity contribution is 6.15. The van der Waals surface area contributed by atoms with Gasteiger partial charge in [-0.15, -0.1) is 0 Å². The number of aliphatic hydroxyl groups excluding tert-OH is 2. The molecule has 0 heterocycles. The second-order valence-electron chi connectivity index (χ2n) is 12.4. The average Bonchev–Trinajstić information content (AvgIpc) is 3.32. The maximum atomic E-state index is 9.77. The predicted octanol–water partition coefficient (Wildman–Crippen LogP) is 10.1. The molecule has 0 atom stereocenters. The van der Waals surface area contributed by atoms with Gasteiger partial charge in [0.25, 0.3) is 0 Å². The minimum absolute atomic E-state index is 0.493. The summed E-state index contributed by atoms with van der Waals surface area (Å²) in [4.78, 5) is 0. The van der Waals surface area contributed by atoms with Gasteiger partial charge in [-0.1, -0.05) is 72.8 Å². The minimum atomic E-state index is 0.493. The summed E-state index contributed by atoms with van der Waals surface area (Å²) in [5, 5.41) is 72.6. The summed E-state index contributed by atoms with van der Waals surface area (Å²) in [6.07, 6.45) is 0. The standard InChI is InChI=1S/C48H24N6.2CH4O/c49-25-31-1-13-37(14-2-31)43-44(38-15-3-32(26-50)4-16-38)46(40-19-7-34(28-52)8-20-40)48(42-23-11-36(30-54)12-24-42)47(41-21-9-35(29-53)10-22-41)45(43)39-17-5-33(27-51)6-18-39;2*1-2/h1-24H;2*2H,1H3. The van der Waals surface area contributed by atoms with Crippen LogP contribution in [0.1, 0.15) is 33.4 Å². The molecular formula is C50H32N6O2. The molecule has 7 aromatic carbocycles. The van der Waals surface area contributed by atoms with Crippen molar-refractivity contribution in [2.24, 2.45) is 0 Å². The van der Waals surface area contributed by atoms with Gasteiger partial charge in [-0.25, -0.2) is 0 Å². The Kier molecular flexibility index (Phi) is 13.4. The molecule has 8 nitrogen and oxygen atoms in total. The lowest BCUT2D eigenvalue weighted by molar-refractivity contribution is 0.399. The van der Waals surface area contributed by atoms with Gasteiger partial charge in [0.15, 0.2) is 0 Å². The molecule has 2 N–H and O–H groups in total. The van der Waals surface area contributed by atoms with Gasteiger partial charge in [0.1, 0.15) is 0 Å². The fourth-order valence-corrected chi connectivity index (χ4v) is 6.75. The fraction of sp³-hybridized carbons (Fsp3) is 0.0400. The Bertz CT molecular complexity index is 2290. The average molecular weight is 749 g/mol. The van der Waals surface area contributed by atoms with E-state index in [1.54, 1.807) is 72.8 Å². The Hall–Kier alpha value is -8.60. The second kappa shape index (κ2) is 19.1. The largest absolute Gasteiger partial charge is 0.400 e. The van der Waals surface area contributed by atoms with Crippen LogP contribution in [0.5, 0.6) is 0 Å². The SMILES string of the molecule is CO.CO.N#Cc1ccc(-c2c(-c3ccc(C#N)cc3)c(-c3ccc(C#N)cc3)c(-c3ccc(C#N)cc3)c(-c3ccc(C#N)cc3)c2-c2ccc(C#N)cc2)cc1. The van der Waals surface area contributed by atoms with E-state index in [4.69, 9.17) is 10.2 Å². The van der Waals surface area contributed by atoms with Gasteiger partial charge >= 0.3 is 0 Å². The molecule has 0 radical (unpaired) electrons. The number of nitriles is 6. The number of hydrogen-bond acceptors (Lipinski definition) is 8. The highest BCUT2D eigenvalue weighted by atomic mass is 16.2. The van der Waals surface area contributed by atoms with Crippen LogP contribution < -0.4 is 0 Å². The summed E-state index contributed by atoms with van der Waals surface area (Å²) in [5.74, 6) is 0. The number of aliphatic hydroxyl groups is 2. The Balaban J connectivity index is 0.00000155. The first-order valence-corrected chi connectivity index (χ1v) is 17.7. The molecule has 0 unspecified atom stereocenters. The summed E-state index contributed by atoms with van der Waals surface area (Å²) in [6.45, 7) is 0. The molecule has 0 fully saturated rings. The highest BCUT2D eigenvalue weighted by Crippen LogP contribution is 2.56. The summed E-state index contributed by atoms with van der Waals surface area (Å²) in [6, 6.07) is 57.7. The smallest absolute Gasteiger partial charge is 0.0991 e. The summed E-state index contributed by atoms with van der Waals surface area (Å²) < 4.78 is 0. The zero-order valence-electron chi connectivity index (χ0n) is 31.4. The van der Waals surface area contributed by atoms with Crippen LogP contribution >= 0.6 is 0 Å². The van der Waals surface area contributed by atoms with Crippen molar-refractivity contribution in [1.82, 2.24) is 0 Å². The molecule has 0 amide bonds. The van der Waals surface area contributed by atoms with Gasteiger partial charge in [-0.3, -0.25) is 0 Å². The van der Waals surface area contributed by atoms with Crippen LogP contribution in [0.25, 0.3) is 66.8 Å². The van der Waals surface area contributed by atoms with Crippen molar-refractivity contribution in [3.05, 3.63) is 179 Å². The molecule has 0 bridgehead atoms. The molecule has 0 spiro atoms. The second-order valence-corrected chi connectivity index (χ2v) is 12.4. The van der Waals surface area contributed by atoms with Crippen LogP contribution in [0.4, 0.5) is 0 Å². The van der Waals surface area contributed by atoms with Gasteiger partial charge in [-0.05, 0) is 140 Å². The topological polar surface area (TPSA) is 183 Å². The third kappa shape index (κ3) is 8.22. The van der Waals surface area contributed by atoms with Crippen molar-refractivity contribution in [3.8, 4) is 103 Å². The lowest BCUT2D eigenvalue weighted by Crippen LogP contribution is -2.02. The molecule has 58 heavy (non-hydrogen) atoms. The molecular weight excluding hydrogens is 717 g/mol. The Morgan fingerprint density at radius 3 is 0.414 bits per heavy atom. The van der Waals surface area contributed by atoms with Gasteiger partial charge in [0.2, 0.25) is 0 Å². The monoisotopic (exact) mass is 748 g/mol. The minimum Gasteiger partial charge on any atom is -0.400 e. The van der Waals surface area contributed by atoms with E-state index >= 15 is 0 Å². The lowest BCUT2D eigenvalue weighted by Gasteiger charge is -2.29. The van der Waals surface area contributed by atoms with Crippen LogP contribution in [0.15, 0.2) is 146 Å². The van der Waals surface area contributed by atoms with E-state index in [0.717, 1.165) is 81.0 Å². The fourth-order valence-electron chi connectivity index (χ4n) is 6.75. The van der Waals surface area contributed by atoms with E-state index in [1.165, 1.54) is 0 Å². The molecule has 8 heteroatoms. The quantitative estimate of drug-likeness (QED) is 0.168. The number of benzene rings is 7. The van der Waals surface area contributed by atoms with Crippen molar-refractivity contribution in [2.45, 2.75) is 0 Å². The molecule has 7 aromatic rings. The molecule has 0 aliphatic carbocycles. The van der Waals surface area contributed by atoms with Crippen molar-refractivity contribution in [3.63, 3.8) is 0 Å². The first kappa shape index (κ1) is 40.6. The molecule has 0 saturated carbocycles. The van der Waals surface area contributed by atoms with Crippen molar-refractivity contribution >= 4 is 0 Å². The van der Waals surface area contributed by atoms with E-state index in [9.17, 15) is 31.6 Å². The van der Waals surface area contributed by atoms with E-state index in [2.05, 4.69) is 36.4 Å². The predicted molar refractivity (Wildman–Crippen MR) is 224 cm³/mol. The van der Waals surface area contributed by atoms with Crippen LogP contribution in [0.2, 0.25) is 0 Å². The molecule has 274 valence electrons. The summed E-state index contributed by atoms with van der Waals surface area (Å²) >= 11 is 0. The van der Waals surface area contributed by atoms with Gasteiger partial charge in [0.05, 0.1) is 69.8 Å². The van der Waals surface area contributed by atoms with Crippen LogP contribution in [-0.4, -0.2) is 24.4 Å². The first-order chi connectivity index (χ1) is 28.5. The van der Waals surface area contributed by atoms with E-state index in [1.807, 2.05) is 72.8 Å². The van der Waals surface area contributed by atoms with Crippen LogP contribution in [0, 0.1) is 68.0 Å². The molecule has 0 aliphatic heterocycles. The zero-order valence-corrected chi connectivity index (χ0v) is 31.4. The summed E-state index contributed by atoms with van der Waals surface area (Å²) in [5.41, 5.74) is 12.8. The highest BCUT2D eigenvalue weighted by Gasteiger charge is 2.29. The van der Waals surface area contributed by atoms with E-state index in [0.29, 0.717) is 33.4 Å². The maximum absolute atomic E-state index is 9.77.